The Labute approximate surface area is 158 Å². The molecule has 2 fully saturated rings. The summed E-state index contributed by atoms with van der Waals surface area (Å²) in [6.45, 7) is 5.03. The van der Waals surface area contributed by atoms with E-state index in [1.165, 1.54) is 25.3 Å². The van der Waals surface area contributed by atoms with Crippen molar-refractivity contribution in [3.05, 3.63) is 29.6 Å². The maximum atomic E-state index is 11.4. The van der Waals surface area contributed by atoms with Gasteiger partial charge in [-0.15, -0.1) is 0 Å². The van der Waals surface area contributed by atoms with Crippen molar-refractivity contribution in [3.63, 3.8) is 0 Å². The van der Waals surface area contributed by atoms with Gasteiger partial charge >= 0.3 is 6.01 Å². The number of nitrogens with zero attached hydrogens (tertiary/aromatic N) is 4. The lowest BCUT2D eigenvalue weighted by molar-refractivity contribution is -0.114. The Hall–Kier alpha value is -2.70. The van der Waals surface area contributed by atoms with Gasteiger partial charge in [0.15, 0.2) is 0 Å². The molecule has 0 radical (unpaired) electrons. The molecule has 27 heavy (non-hydrogen) atoms. The van der Waals surface area contributed by atoms with Crippen LogP contribution in [0.5, 0.6) is 6.01 Å². The summed E-state index contributed by atoms with van der Waals surface area (Å²) in [6, 6.07) is 4.39. The molecule has 0 saturated heterocycles. The van der Waals surface area contributed by atoms with E-state index in [1.54, 1.807) is 0 Å². The van der Waals surface area contributed by atoms with E-state index >= 15 is 0 Å². The lowest BCUT2D eigenvalue weighted by Gasteiger charge is -2.20. The molecule has 1 aliphatic heterocycles. The molecule has 7 nitrogen and oxygen atoms in total. The van der Waals surface area contributed by atoms with Crippen LogP contribution in [0.3, 0.4) is 0 Å². The molecule has 5 rings (SSSR count). The minimum atomic E-state index is -0.123. The zero-order valence-corrected chi connectivity index (χ0v) is 15.7. The number of carbonyl (C=O) groups excluding carboxylic acids is 1. The number of aryl methyl sites for hydroxylation is 1. The molecule has 0 unspecified atom stereocenters. The van der Waals surface area contributed by atoms with Crippen LogP contribution in [0.25, 0.3) is 0 Å². The zero-order valence-electron chi connectivity index (χ0n) is 15.7. The Morgan fingerprint density at radius 1 is 1.33 bits per heavy atom. The van der Waals surface area contributed by atoms with Gasteiger partial charge in [-0.3, -0.25) is 4.79 Å². The molecule has 3 heterocycles. The van der Waals surface area contributed by atoms with Crippen LogP contribution in [-0.2, 0) is 10.2 Å². The summed E-state index contributed by atoms with van der Waals surface area (Å²) in [5, 5.41) is 2.78. The number of carbonyl (C=O) groups is 1. The minimum Gasteiger partial charge on any atom is -0.463 e. The molecule has 1 amide bonds. The van der Waals surface area contributed by atoms with Crippen LogP contribution < -0.4 is 15.0 Å². The summed E-state index contributed by atoms with van der Waals surface area (Å²) >= 11 is 0. The minimum absolute atomic E-state index is 0.123. The Morgan fingerprint density at radius 2 is 2.15 bits per heavy atom. The molecular formula is C20H23N5O2. The summed E-state index contributed by atoms with van der Waals surface area (Å²) < 4.78 is 5.82. The maximum Gasteiger partial charge on any atom is 0.318 e. The quantitative estimate of drug-likeness (QED) is 0.877. The van der Waals surface area contributed by atoms with Gasteiger partial charge in [-0.1, -0.05) is 0 Å². The number of aromatic nitrogens is 3. The predicted octanol–water partition coefficient (Wildman–Crippen LogP) is 3.11. The molecule has 2 aromatic rings. The second-order valence-electron chi connectivity index (χ2n) is 8.04. The second-order valence-corrected chi connectivity index (χ2v) is 8.04. The van der Waals surface area contributed by atoms with Gasteiger partial charge in [0.2, 0.25) is 5.91 Å². The van der Waals surface area contributed by atoms with E-state index in [1.807, 2.05) is 25.3 Å². The van der Waals surface area contributed by atoms with Gasteiger partial charge in [0.05, 0.1) is 12.3 Å². The molecule has 1 N–H and O–H groups in total. The number of fused-ring (bicyclic) bond motifs is 2. The third kappa shape index (κ3) is 3.11. The van der Waals surface area contributed by atoms with Crippen LogP contribution in [0, 0.1) is 12.8 Å². The standard InChI is InChI=1S/C20H23N5O2/c1-12-7-18(24-19(22-12)27-10-14-3-4-14)25-11-20(5-6-20)15-9-21-17(8-16(15)25)23-13(2)26/h7-9,14H,3-6,10-11H2,1-2H3,(H,21,23,26). The van der Waals surface area contributed by atoms with Crippen LogP contribution in [0.2, 0.25) is 0 Å². The van der Waals surface area contributed by atoms with Crippen LogP contribution in [0.4, 0.5) is 17.3 Å². The first-order valence-corrected chi connectivity index (χ1v) is 9.57. The lowest BCUT2D eigenvalue weighted by Crippen LogP contribution is -2.21. The number of amides is 1. The van der Waals surface area contributed by atoms with Crippen LogP contribution in [0.15, 0.2) is 18.3 Å². The predicted molar refractivity (Wildman–Crippen MR) is 101 cm³/mol. The average molecular weight is 365 g/mol. The van der Waals surface area contributed by atoms with E-state index in [9.17, 15) is 4.79 Å². The molecule has 0 bridgehead atoms. The van der Waals surface area contributed by atoms with Crippen molar-refractivity contribution in [2.75, 3.05) is 23.4 Å². The number of rotatable bonds is 5. The van der Waals surface area contributed by atoms with E-state index in [0.29, 0.717) is 24.4 Å². The molecule has 2 aromatic heterocycles. The van der Waals surface area contributed by atoms with E-state index in [-0.39, 0.29) is 11.3 Å². The van der Waals surface area contributed by atoms with Crippen molar-refractivity contribution >= 4 is 23.2 Å². The summed E-state index contributed by atoms with van der Waals surface area (Å²) in [4.78, 5) is 27.2. The molecule has 2 saturated carbocycles. The summed E-state index contributed by atoms with van der Waals surface area (Å²) in [5.74, 6) is 1.95. The van der Waals surface area contributed by atoms with Crippen molar-refractivity contribution in [3.8, 4) is 6.01 Å². The van der Waals surface area contributed by atoms with Gasteiger partial charge in [0.25, 0.3) is 0 Å². The van der Waals surface area contributed by atoms with E-state index in [2.05, 4.69) is 25.2 Å². The van der Waals surface area contributed by atoms with Gasteiger partial charge in [0, 0.05) is 48.5 Å². The average Bonchev–Trinajstić information content (AvgIpc) is 3.52. The first-order valence-electron chi connectivity index (χ1n) is 9.57. The molecule has 0 aromatic carbocycles. The highest BCUT2D eigenvalue weighted by Crippen LogP contribution is 2.58. The fourth-order valence-electron chi connectivity index (χ4n) is 3.79. The van der Waals surface area contributed by atoms with Crippen LogP contribution in [-0.4, -0.2) is 34.0 Å². The number of hydrogen-bond donors (Lipinski definition) is 1. The van der Waals surface area contributed by atoms with Crippen LogP contribution in [0.1, 0.15) is 43.9 Å². The topological polar surface area (TPSA) is 80.2 Å². The highest BCUT2D eigenvalue weighted by molar-refractivity contribution is 5.89. The van der Waals surface area contributed by atoms with Crippen molar-refractivity contribution in [1.29, 1.82) is 0 Å². The number of pyridine rings is 1. The smallest absolute Gasteiger partial charge is 0.318 e. The number of hydrogen-bond acceptors (Lipinski definition) is 6. The zero-order chi connectivity index (χ0) is 18.6. The number of anilines is 3. The Kier molecular flexibility index (Phi) is 3.60. The summed E-state index contributed by atoms with van der Waals surface area (Å²) in [5.41, 5.74) is 3.37. The maximum absolute atomic E-state index is 11.4. The monoisotopic (exact) mass is 365 g/mol. The summed E-state index contributed by atoms with van der Waals surface area (Å²) in [6.07, 6.45) is 6.70. The SMILES string of the molecule is CC(=O)Nc1cc2c(cn1)C1(CC1)CN2c1cc(C)nc(OCC2CC2)n1. The molecule has 7 heteroatoms. The van der Waals surface area contributed by atoms with Crippen molar-refractivity contribution in [1.82, 2.24) is 15.0 Å². The molecule has 0 atom stereocenters. The van der Waals surface area contributed by atoms with Gasteiger partial charge in [-0.05, 0) is 38.5 Å². The first kappa shape index (κ1) is 16.5. The van der Waals surface area contributed by atoms with Crippen molar-refractivity contribution < 1.29 is 9.53 Å². The lowest BCUT2D eigenvalue weighted by atomic mass is 10.0. The molecule has 3 aliphatic rings. The Balaban J connectivity index is 1.49. The highest BCUT2D eigenvalue weighted by atomic mass is 16.5. The molecule has 1 spiro atoms. The largest absolute Gasteiger partial charge is 0.463 e. The fraction of sp³-hybridized carbons (Fsp3) is 0.500. The molecule has 140 valence electrons. The molecular weight excluding hydrogens is 342 g/mol. The first-order chi connectivity index (χ1) is 13.0. The Morgan fingerprint density at radius 3 is 2.85 bits per heavy atom. The van der Waals surface area contributed by atoms with E-state index in [4.69, 9.17) is 4.74 Å². The highest BCUT2D eigenvalue weighted by Gasteiger charge is 2.52. The van der Waals surface area contributed by atoms with Crippen molar-refractivity contribution in [2.45, 2.75) is 44.9 Å². The number of ether oxygens (including phenoxy) is 1. The van der Waals surface area contributed by atoms with Crippen LogP contribution >= 0.6 is 0 Å². The van der Waals surface area contributed by atoms with E-state index < -0.39 is 0 Å². The van der Waals surface area contributed by atoms with E-state index in [0.717, 1.165) is 36.6 Å². The van der Waals surface area contributed by atoms with Crippen molar-refractivity contribution in [2.24, 2.45) is 5.92 Å². The fourth-order valence-corrected chi connectivity index (χ4v) is 3.79. The Bertz CT molecular complexity index is 921. The normalized spacial score (nSPS) is 19.1. The number of nitrogens with one attached hydrogen (secondary N) is 1. The third-order valence-corrected chi connectivity index (χ3v) is 5.60. The third-order valence-electron chi connectivity index (χ3n) is 5.60. The van der Waals surface area contributed by atoms with Gasteiger partial charge in [-0.25, -0.2) is 9.97 Å². The van der Waals surface area contributed by atoms with Gasteiger partial charge in [0.1, 0.15) is 11.6 Å². The molecule has 2 aliphatic carbocycles. The van der Waals surface area contributed by atoms with Gasteiger partial charge < -0.3 is 15.0 Å². The second kappa shape index (κ2) is 5.90. The van der Waals surface area contributed by atoms with Gasteiger partial charge in [-0.2, -0.15) is 4.98 Å². The summed E-state index contributed by atoms with van der Waals surface area (Å²) in [7, 11) is 0.